The van der Waals surface area contributed by atoms with Crippen molar-refractivity contribution in [3.8, 4) is 0 Å². The molecule has 0 bridgehead atoms. The Morgan fingerprint density at radius 3 is 2.89 bits per heavy atom. The number of hydrogen-bond acceptors (Lipinski definition) is 1. The maximum absolute atomic E-state index is 10.7. The Morgan fingerprint density at radius 2 is 2.17 bits per heavy atom. The van der Waals surface area contributed by atoms with Crippen LogP contribution in [0.5, 0.6) is 0 Å². The van der Waals surface area contributed by atoms with Gasteiger partial charge in [0.05, 0.1) is 5.60 Å². The zero-order valence-corrected chi connectivity index (χ0v) is 12.3. The first-order valence-electron chi connectivity index (χ1n) is 6.69. The summed E-state index contributed by atoms with van der Waals surface area (Å²) in [6.45, 7) is 2.20. The van der Waals surface area contributed by atoms with Crippen LogP contribution >= 0.6 is 23.2 Å². The second-order valence-electron chi connectivity index (χ2n) is 5.51. The average Bonchev–Trinajstić information content (AvgIpc) is 2.33. The lowest BCUT2D eigenvalue weighted by Gasteiger charge is -2.37. The lowest BCUT2D eigenvalue weighted by atomic mass is 9.74. The quantitative estimate of drug-likeness (QED) is 0.841. The van der Waals surface area contributed by atoms with E-state index in [9.17, 15) is 5.11 Å². The first-order chi connectivity index (χ1) is 8.52. The fourth-order valence-electron chi connectivity index (χ4n) is 3.00. The van der Waals surface area contributed by atoms with E-state index in [1.807, 2.05) is 12.1 Å². The molecular formula is C15H20Cl2O. The van der Waals surface area contributed by atoms with E-state index < -0.39 is 5.60 Å². The molecule has 1 saturated carbocycles. The molecule has 0 aromatic heterocycles. The Bertz CT molecular complexity index is 419. The Labute approximate surface area is 119 Å². The smallest absolute Gasteiger partial charge is 0.0691 e. The Balaban J connectivity index is 2.14. The van der Waals surface area contributed by atoms with Gasteiger partial charge < -0.3 is 5.11 Å². The molecule has 1 nitrogen and oxygen atoms in total. The highest BCUT2D eigenvalue weighted by Gasteiger charge is 2.34. The SMILES string of the molecule is CCC1CCCC(O)(Cc2cc(Cl)ccc2Cl)C1. The van der Waals surface area contributed by atoms with Gasteiger partial charge in [-0.3, -0.25) is 0 Å². The highest BCUT2D eigenvalue weighted by Crippen LogP contribution is 2.37. The summed E-state index contributed by atoms with van der Waals surface area (Å²) in [6, 6.07) is 5.47. The van der Waals surface area contributed by atoms with Crippen LogP contribution in [0.2, 0.25) is 10.0 Å². The highest BCUT2D eigenvalue weighted by atomic mass is 35.5. The van der Waals surface area contributed by atoms with Crippen LogP contribution in [0.3, 0.4) is 0 Å². The molecule has 0 heterocycles. The van der Waals surface area contributed by atoms with Gasteiger partial charge in [-0.1, -0.05) is 49.4 Å². The van der Waals surface area contributed by atoms with Crippen LogP contribution in [0, 0.1) is 5.92 Å². The van der Waals surface area contributed by atoms with E-state index in [2.05, 4.69) is 6.92 Å². The van der Waals surface area contributed by atoms with E-state index in [0.29, 0.717) is 22.4 Å². The highest BCUT2D eigenvalue weighted by molar-refractivity contribution is 6.33. The van der Waals surface area contributed by atoms with Gasteiger partial charge in [-0.25, -0.2) is 0 Å². The second kappa shape index (κ2) is 5.81. The van der Waals surface area contributed by atoms with Crippen LogP contribution in [0.1, 0.15) is 44.6 Å². The standard InChI is InChI=1S/C15H20Cl2O/c1-2-11-4-3-7-15(18,9-11)10-12-8-13(16)5-6-14(12)17/h5-6,8,11,18H,2-4,7,9-10H2,1H3. The van der Waals surface area contributed by atoms with Crippen LogP contribution in [0.25, 0.3) is 0 Å². The average molecular weight is 287 g/mol. The summed E-state index contributed by atoms with van der Waals surface area (Å²) in [6.07, 6.45) is 5.85. The van der Waals surface area contributed by atoms with E-state index in [4.69, 9.17) is 23.2 Å². The van der Waals surface area contributed by atoms with Gasteiger partial charge in [-0.15, -0.1) is 0 Å². The van der Waals surface area contributed by atoms with Gasteiger partial charge in [0, 0.05) is 16.5 Å². The van der Waals surface area contributed by atoms with Gasteiger partial charge >= 0.3 is 0 Å². The minimum atomic E-state index is -0.604. The van der Waals surface area contributed by atoms with Crippen molar-refractivity contribution in [2.75, 3.05) is 0 Å². The van der Waals surface area contributed by atoms with Gasteiger partial charge in [0.2, 0.25) is 0 Å². The van der Waals surface area contributed by atoms with Crippen LogP contribution in [-0.2, 0) is 6.42 Å². The lowest BCUT2D eigenvalue weighted by Crippen LogP contribution is -2.37. The topological polar surface area (TPSA) is 20.2 Å². The third kappa shape index (κ3) is 3.40. The van der Waals surface area contributed by atoms with Crippen molar-refractivity contribution in [2.24, 2.45) is 5.92 Å². The maximum Gasteiger partial charge on any atom is 0.0691 e. The molecule has 0 amide bonds. The summed E-state index contributed by atoms with van der Waals surface area (Å²) in [5, 5.41) is 12.1. The molecule has 1 aromatic rings. The van der Waals surface area contributed by atoms with Crippen molar-refractivity contribution in [1.82, 2.24) is 0 Å². The normalized spacial score (nSPS) is 28.3. The zero-order chi connectivity index (χ0) is 13.2. The summed E-state index contributed by atoms with van der Waals surface area (Å²) >= 11 is 12.2. The molecule has 1 fully saturated rings. The van der Waals surface area contributed by atoms with Gasteiger partial charge in [0.15, 0.2) is 0 Å². The predicted octanol–water partition coefficient (Wildman–Crippen LogP) is 4.87. The molecule has 18 heavy (non-hydrogen) atoms. The van der Waals surface area contributed by atoms with E-state index >= 15 is 0 Å². The van der Waals surface area contributed by atoms with E-state index in [-0.39, 0.29) is 0 Å². The van der Waals surface area contributed by atoms with E-state index in [1.54, 1.807) is 6.07 Å². The number of benzene rings is 1. The fourth-order valence-corrected chi connectivity index (χ4v) is 3.38. The second-order valence-corrected chi connectivity index (χ2v) is 6.35. The first-order valence-corrected chi connectivity index (χ1v) is 7.44. The molecule has 0 spiro atoms. The number of halogens is 2. The molecule has 2 atom stereocenters. The molecule has 0 saturated heterocycles. The molecule has 0 radical (unpaired) electrons. The molecule has 1 aliphatic carbocycles. The van der Waals surface area contributed by atoms with Crippen molar-refractivity contribution in [1.29, 1.82) is 0 Å². The molecule has 3 heteroatoms. The van der Waals surface area contributed by atoms with Crippen molar-refractivity contribution < 1.29 is 5.11 Å². The van der Waals surface area contributed by atoms with E-state index in [1.165, 1.54) is 6.42 Å². The summed E-state index contributed by atoms with van der Waals surface area (Å²) in [4.78, 5) is 0. The molecule has 2 rings (SSSR count). The van der Waals surface area contributed by atoms with Crippen molar-refractivity contribution in [3.63, 3.8) is 0 Å². The lowest BCUT2D eigenvalue weighted by molar-refractivity contribution is -0.0161. The van der Waals surface area contributed by atoms with Gasteiger partial charge in [-0.05, 0) is 42.5 Å². The first kappa shape index (κ1) is 14.2. The monoisotopic (exact) mass is 286 g/mol. The summed E-state index contributed by atoms with van der Waals surface area (Å²) in [7, 11) is 0. The molecular weight excluding hydrogens is 267 g/mol. The molecule has 100 valence electrons. The van der Waals surface area contributed by atoms with Crippen LogP contribution in [0.4, 0.5) is 0 Å². The van der Waals surface area contributed by atoms with Crippen molar-refractivity contribution >= 4 is 23.2 Å². The van der Waals surface area contributed by atoms with Crippen molar-refractivity contribution in [2.45, 2.75) is 51.0 Å². The predicted molar refractivity (Wildman–Crippen MR) is 77.4 cm³/mol. The summed E-state index contributed by atoms with van der Waals surface area (Å²) in [5.41, 5.74) is 0.358. The minimum absolute atomic E-state index is 0.604. The van der Waals surface area contributed by atoms with Crippen LogP contribution in [0.15, 0.2) is 18.2 Å². The molecule has 1 N–H and O–H groups in total. The van der Waals surface area contributed by atoms with Gasteiger partial charge in [-0.2, -0.15) is 0 Å². The molecule has 0 aliphatic heterocycles. The minimum Gasteiger partial charge on any atom is -0.390 e. The zero-order valence-electron chi connectivity index (χ0n) is 10.8. The third-order valence-electron chi connectivity index (χ3n) is 4.03. The Morgan fingerprint density at radius 1 is 1.39 bits per heavy atom. The number of hydrogen-bond donors (Lipinski definition) is 1. The van der Waals surface area contributed by atoms with Crippen molar-refractivity contribution in [3.05, 3.63) is 33.8 Å². The van der Waals surface area contributed by atoms with Gasteiger partial charge in [0.1, 0.15) is 0 Å². The number of rotatable bonds is 3. The Kier molecular flexibility index (Phi) is 4.58. The third-order valence-corrected chi connectivity index (χ3v) is 4.63. The van der Waals surface area contributed by atoms with E-state index in [0.717, 1.165) is 31.2 Å². The number of aliphatic hydroxyl groups is 1. The molecule has 2 unspecified atom stereocenters. The molecule has 1 aromatic carbocycles. The van der Waals surface area contributed by atoms with Crippen LogP contribution < -0.4 is 0 Å². The van der Waals surface area contributed by atoms with Gasteiger partial charge in [0.25, 0.3) is 0 Å². The molecule has 1 aliphatic rings. The summed E-state index contributed by atoms with van der Waals surface area (Å²) in [5.74, 6) is 0.640. The fraction of sp³-hybridized carbons (Fsp3) is 0.600. The summed E-state index contributed by atoms with van der Waals surface area (Å²) < 4.78 is 0. The Hall–Kier alpha value is -0.240. The van der Waals surface area contributed by atoms with Crippen LogP contribution in [-0.4, -0.2) is 10.7 Å². The largest absolute Gasteiger partial charge is 0.390 e. The maximum atomic E-state index is 10.7.